The number of nitrogens with zero attached hydrogens (tertiary/aromatic N) is 2. The number of carbonyl (C=O) groups is 1. The molecule has 118 valence electrons. The second-order valence-electron chi connectivity index (χ2n) is 5.05. The summed E-state index contributed by atoms with van der Waals surface area (Å²) in [7, 11) is 0. The summed E-state index contributed by atoms with van der Waals surface area (Å²) in [6, 6.07) is 0. The van der Waals surface area contributed by atoms with Gasteiger partial charge < -0.3 is 9.47 Å². The van der Waals surface area contributed by atoms with E-state index in [1.54, 1.807) is 6.20 Å². The van der Waals surface area contributed by atoms with E-state index in [1.165, 1.54) is 0 Å². The number of rotatable bonds is 4. The van der Waals surface area contributed by atoms with Crippen LogP contribution in [0.4, 0.5) is 4.79 Å². The molecular formula is C13H17Cl3N2O3. The maximum atomic E-state index is 11.6. The zero-order chi connectivity index (χ0) is 16.2. The smallest absolute Gasteiger partial charge is 0.429 e. The predicted molar refractivity (Wildman–Crippen MR) is 82.5 cm³/mol. The molecule has 0 aliphatic heterocycles. The van der Waals surface area contributed by atoms with E-state index in [0.717, 1.165) is 0 Å². The van der Waals surface area contributed by atoms with Gasteiger partial charge in [-0.15, -0.1) is 0 Å². The van der Waals surface area contributed by atoms with Gasteiger partial charge >= 0.3 is 6.16 Å². The van der Waals surface area contributed by atoms with Gasteiger partial charge in [-0.2, -0.15) is 0 Å². The number of hydrogen-bond donors (Lipinski definition) is 0. The molecule has 0 radical (unpaired) electrons. The quantitative estimate of drug-likeness (QED) is 0.583. The second kappa shape index (κ2) is 7.47. The molecule has 5 nitrogen and oxygen atoms in total. The highest BCUT2D eigenvalue weighted by Crippen LogP contribution is 2.27. The SMILES string of the molecule is CC(C)c1cnc(C(C)C)c(OC(=O)OCC(Cl)(Cl)Cl)n1. The normalized spacial score (nSPS) is 11.9. The van der Waals surface area contributed by atoms with Crippen molar-refractivity contribution in [3.63, 3.8) is 0 Å². The van der Waals surface area contributed by atoms with Crippen LogP contribution >= 0.6 is 34.8 Å². The Morgan fingerprint density at radius 2 is 1.86 bits per heavy atom. The van der Waals surface area contributed by atoms with Gasteiger partial charge in [0.2, 0.25) is 9.67 Å². The molecule has 0 fully saturated rings. The Balaban J connectivity index is 2.89. The molecule has 1 heterocycles. The molecule has 1 rings (SSSR count). The molecule has 0 aliphatic carbocycles. The van der Waals surface area contributed by atoms with Crippen LogP contribution in [0.25, 0.3) is 0 Å². The fourth-order valence-corrected chi connectivity index (χ4v) is 1.56. The summed E-state index contributed by atoms with van der Waals surface area (Å²) >= 11 is 16.5. The Kier molecular flexibility index (Phi) is 6.50. The molecule has 0 aromatic carbocycles. The Morgan fingerprint density at radius 1 is 1.24 bits per heavy atom. The molecule has 0 N–H and O–H groups in total. The minimum absolute atomic E-state index is 0.0367. The predicted octanol–water partition coefficient (Wildman–Crippen LogP) is 4.61. The summed E-state index contributed by atoms with van der Waals surface area (Å²) in [5.74, 6) is 0.304. The maximum Gasteiger partial charge on any atom is 0.515 e. The van der Waals surface area contributed by atoms with Crippen LogP contribution in [0.15, 0.2) is 6.20 Å². The van der Waals surface area contributed by atoms with Crippen molar-refractivity contribution in [3.8, 4) is 5.88 Å². The Morgan fingerprint density at radius 3 is 2.33 bits per heavy atom. The van der Waals surface area contributed by atoms with Gasteiger partial charge in [-0.25, -0.2) is 9.78 Å². The second-order valence-corrected chi connectivity index (χ2v) is 7.57. The van der Waals surface area contributed by atoms with Gasteiger partial charge in [-0.3, -0.25) is 4.98 Å². The lowest BCUT2D eigenvalue weighted by molar-refractivity contribution is 0.0984. The third kappa shape index (κ3) is 6.24. The summed E-state index contributed by atoms with van der Waals surface area (Å²) in [6.07, 6.45) is 0.679. The molecule has 0 atom stereocenters. The molecule has 0 spiro atoms. The van der Waals surface area contributed by atoms with Crippen molar-refractivity contribution in [2.24, 2.45) is 0 Å². The number of carbonyl (C=O) groups excluding carboxylic acids is 1. The molecule has 0 saturated carbocycles. The van der Waals surface area contributed by atoms with Crippen molar-refractivity contribution < 1.29 is 14.3 Å². The van der Waals surface area contributed by atoms with Crippen molar-refractivity contribution in [3.05, 3.63) is 17.6 Å². The first-order chi connectivity index (χ1) is 9.60. The van der Waals surface area contributed by atoms with Crippen molar-refractivity contribution in [2.75, 3.05) is 6.61 Å². The lowest BCUT2D eigenvalue weighted by Crippen LogP contribution is -2.21. The highest BCUT2D eigenvalue weighted by Gasteiger charge is 2.24. The molecule has 1 aromatic rings. The van der Waals surface area contributed by atoms with E-state index in [4.69, 9.17) is 44.3 Å². The van der Waals surface area contributed by atoms with E-state index in [9.17, 15) is 4.79 Å². The first kappa shape index (κ1) is 18.3. The topological polar surface area (TPSA) is 61.3 Å². The van der Waals surface area contributed by atoms with Crippen LogP contribution in [-0.4, -0.2) is 26.5 Å². The molecule has 8 heteroatoms. The van der Waals surface area contributed by atoms with Crippen LogP contribution in [0, 0.1) is 0 Å². The van der Waals surface area contributed by atoms with Crippen molar-refractivity contribution >= 4 is 41.0 Å². The lowest BCUT2D eigenvalue weighted by atomic mass is 10.1. The minimum atomic E-state index is -1.69. The van der Waals surface area contributed by atoms with Crippen LogP contribution in [0.3, 0.4) is 0 Å². The highest BCUT2D eigenvalue weighted by atomic mass is 35.6. The third-order valence-electron chi connectivity index (χ3n) is 2.46. The van der Waals surface area contributed by atoms with Gasteiger partial charge in [-0.1, -0.05) is 62.5 Å². The summed E-state index contributed by atoms with van der Waals surface area (Å²) in [4.78, 5) is 20.2. The van der Waals surface area contributed by atoms with Crippen LogP contribution in [0.1, 0.15) is 50.9 Å². The largest absolute Gasteiger partial charge is 0.515 e. The van der Waals surface area contributed by atoms with Crippen LogP contribution < -0.4 is 4.74 Å². The summed E-state index contributed by atoms with van der Waals surface area (Å²) in [5, 5.41) is 0. The minimum Gasteiger partial charge on any atom is -0.429 e. The van der Waals surface area contributed by atoms with Gasteiger partial charge in [0.05, 0.1) is 5.69 Å². The monoisotopic (exact) mass is 354 g/mol. The summed E-state index contributed by atoms with van der Waals surface area (Å²) in [6.45, 7) is 7.34. The first-order valence-corrected chi connectivity index (χ1v) is 7.51. The van der Waals surface area contributed by atoms with Crippen molar-refractivity contribution in [1.82, 2.24) is 9.97 Å². The van der Waals surface area contributed by atoms with Gasteiger partial charge in [0.25, 0.3) is 0 Å². The number of ether oxygens (including phenoxy) is 2. The van der Waals surface area contributed by atoms with Crippen LogP contribution in [0.2, 0.25) is 0 Å². The fraction of sp³-hybridized carbons (Fsp3) is 0.615. The number of alkyl halides is 3. The van der Waals surface area contributed by atoms with Gasteiger partial charge in [0, 0.05) is 12.1 Å². The molecule has 1 aromatic heterocycles. The van der Waals surface area contributed by atoms with Crippen LogP contribution in [0.5, 0.6) is 5.88 Å². The van der Waals surface area contributed by atoms with Gasteiger partial charge in [0.1, 0.15) is 12.3 Å². The Labute approximate surface area is 138 Å². The van der Waals surface area contributed by atoms with Crippen molar-refractivity contribution in [2.45, 2.75) is 43.3 Å². The molecule has 21 heavy (non-hydrogen) atoms. The highest BCUT2D eigenvalue weighted by molar-refractivity contribution is 6.67. The lowest BCUT2D eigenvalue weighted by Gasteiger charge is -2.14. The number of hydrogen-bond acceptors (Lipinski definition) is 5. The third-order valence-corrected chi connectivity index (χ3v) is 2.79. The van der Waals surface area contributed by atoms with E-state index in [-0.39, 0.29) is 17.7 Å². The number of halogens is 3. The molecule has 0 bridgehead atoms. The Hall–Kier alpha value is -0.780. The molecule has 0 aliphatic rings. The van der Waals surface area contributed by atoms with E-state index >= 15 is 0 Å². The van der Waals surface area contributed by atoms with Gasteiger partial charge in [-0.05, 0) is 5.92 Å². The summed E-state index contributed by atoms with van der Waals surface area (Å²) < 4.78 is 8.11. The Bertz CT molecular complexity index is 502. The standard InChI is InChI=1S/C13H17Cl3N2O3/c1-7(2)9-5-17-10(8(3)4)11(18-9)21-12(19)20-6-13(14,15)16/h5,7-8H,6H2,1-4H3. The van der Waals surface area contributed by atoms with E-state index in [0.29, 0.717) is 11.4 Å². The fourth-order valence-electron chi connectivity index (χ4n) is 1.39. The van der Waals surface area contributed by atoms with Crippen LogP contribution in [-0.2, 0) is 4.74 Å². The van der Waals surface area contributed by atoms with E-state index < -0.39 is 16.6 Å². The average molecular weight is 356 g/mol. The van der Waals surface area contributed by atoms with E-state index in [2.05, 4.69) is 9.97 Å². The first-order valence-electron chi connectivity index (χ1n) is 6.38. The zero-order valence-corrected chi connectivity index (χ0v) is 14.5. The molecular weight excluding hydrogens is 339 g/mol. The molecule has 0 amide bonds. The van der Waals surface area contributed by atoms with E-state index in [1.807, 2.05) is 27.7 Å². The number of aromatic nitrogens is 2. The molecule has 0 unspecified atom stereocenters. The van der Waals surface area contributed by atoms with Crippen molar-refractivity contribution in [1.29, 1.82) is 0 Å². The average Bonchev–Trinajstić information content (AvgIpc) is 2.35. The zero-order valence-electron chi connectivity index (χ0n) is 12.2. The molecule has 0 saturated heterocycles. The van der Waals surface area contributed by atoms with Gasteiger partial charge in [0.15, 0.2) is 0 Å². The maximum absolute atomic E-state index is 11.6. The summed E-state index contributed by atoms with van der Waals surface area (Å²) in [5.41, 5.74) is 1.27.